The van der Waals surface area contributed by atoms with Gasteiger partial charge in [0, 0.05) is 0 Å². The van der Waals surface area contributed by atoms with E-state index in [4.69, 9.17) is 0 Å². The van der Waals surface area contributed by atoms with Crippen molar-refractivity contribution in [2.75, 3.05) is 7.05 Å². The van der Waals surface area contributed by atoms with E-state index in [1.54, 1.807) is 11.4 Å². The van der Waals surface area contributed by atoms with E-state index in [0.717, 1.165) is 5.30 Å². The second kappa shape index (κ2) is 3.61. The fourth-order valence-corrected chi connectivity index (χ4v) is 1.59. The van der Waals surface area contributed by atoms with E-state index in [1.807, 2.05) is 30.3 Å². The van der Waals surface area contributed by atoms with Gasteiger partial charge in [0.05, 0.1) is 5.30 Å². The lowest BCUT2D eigenvalue weighted by Gasteiger charge is -2.01. The van der Waals surface area contributed by atoms with Crippen LogP contribution in [0, 0.1) is 0 Å². The first-order valence-electron chi connectivity index (χ1n) is 3.30. The number of hydrogen-bond acceptors (Lipinski definition) is 1. The molecule has 1 aromatic rings. The average molecular weight is 168 g/mol. The Labute approximate surface area is 67.7 Å². The van der Waals surface area contributed by atoms with Crippen molar-refractivity contribution in [1.82, 2.24) is 0 Å². The molecule has 0 aliphatic rings. The van der Waals surface area contributed by atoms with Crippen LogP contribution in [-0.4, -0.2) is 23.0 Å². The van der Waals surface area contributed by atoms with Crippen molar-refractivity contribution in [2.45, 2.75) is 0 Å². The maximum atomic E-state index is 9.53. The standard InChI is InChI=1S/C8H11NOP/c1-9(2)11(10)8-6-4-3-5-7-8/h3-7,10H,1H2,2H3/q+1. The molecule has 0 aromatic heterocycles. The van der Waals surface area contributed by atoms with Crippen LogP contribution >= 0.6 is 8.30 Å². The molecule has 0 aliphatic heterocycles. The zero-order valence-corrected chi connectivity index (χ0v) is 7.33. The van der Waals surface area contributed by atoms with Crippen molar-refractivity contribution in [2.24, 2.45) is 0 Å². The van der Waals surface area contributed by atoms with E-state index < -0.39 is 8.30 Å². The van der Waals surface area contributed by atoms with Gasteiger partial charge in [-0.2, -0.15) is 0 Å². The second-order valence-electron chi connectivity index (χ2n) is 2.28. The zero-order valence-electron chi connectivity index (χ0n) is 6.44. The Balaban J connectivity index is 2.85. The molecule has 2 nitrogen and oxygen atoms in total. The molecule has 58 valence electrons. The van der Waals surface area contributed by atoms with Crippen molar-refractivity contribution < 1.29 is 9.24 Å². The molecule has 0 radical (unpaired) electrons. The molecule has 0 bridgehead atoms. The van der Waals surface area contributed by atoms with Gasteiger partial charge in [-0.15, -0.1) is 0 Å². The van der Waals surface area contributed by atoms with Gasteiger partial charge in [-0.1, -0.05) is 18.2 Å². The summed E-state index contributed by atoms with van der Waals surface area (Å²) in [6.07, 6.45) is 0. The summed E-state index contributed by atoms with van der Waals surface area (Å²) in [5.41, 5.74) is 0. The maximum Gasteiger partial charge on any atom is 0.363 e. The summed E-state index contributed by atoms with van der Waals surface area (Å²) >= 11 is 0. The summed E-state index contributed by atoms with van der Waals surface area (Å²) < 4.78 is 1.57. The lowest BCUT2D eigenvalue weighted by Crippen LogP contribution is -2.07. The largest absolute Gasteiger partial charge is 0.363 e. The minimum absolute atomic E-state index is 0.931. The van der Waals surface area contributed by atoms with Crippen molar-refractivity contribution in [3.63, 3.8) is 0 Å². The first-order chi connectivity index (χ1) is 5.22. The van der Waals surface area contributed by atoms with Gasteiger partial charge in [-0.05, 0) is 12.1 Å². The minimum atomic E-state index is -1.21. The maximum absolute atomic E-state index is 9.53. The van der Waals surface area contributed by atoms with Crippen LogP contribution < -0.4 is 5.30 Å². The lowest BCUT2D eigenvalue weighted by atomic mass is 10.4. The van der Waals surface area contributed by atoms with Gasteiger partial charge < -0.3 is 4.89 Å². The van der Waals surface area contributed by atoms with Crippen molar-refractivity contribution in [3.05, 3.63) is 30.3 Å². The highest BCUT2D eigenvalue weighted by atomic mass is 31.2. The summed E-state index contributed by atoms with van der Waals surface area (Å²) in [7, 11) is 0.550. The highest BCUT2D eigenvalue weighted by molar-refractivity contribution is 7.53. The summed E-state index contributed by atoms with van der Waals surface area (Å²) in [6.45, 7) is 3.63. The molecule has 3 heteroatoms. The SMILES string of the molecule is C=[N+](C)P(O)c1ccccc1. The van der Waals surface area contributed by atoms with E-state index >= 15 is 0 Å². The Morgan fingerprint density at radius 3 is 2.36 bits per heavy atom. The topological polar surface area (TPSA) is 23.2 Å². The second-order valence-corrected chi connectivity index (χ2v) is 4.06. The first-order valence-corrected chi connectivity index (χ1v) is 4.54. The molecule has 1 atom stereocenters. The smallest absolute Gasteiger partial charge is 0.315 e. The van der Waals surface area contributed by atoms with E-state index in [9.17, 15) is 4.89 Å². The van der Waals surface area contributed by atoms with Crippen LogP contribution in [0.5, 0.6) is 0 Å². The number of benzene rings is 1. The molecule has 1 rings (SSSR count). The molecule has 11 heavy (non-hydrogen) atoms. The van der Waals surface area contributed by atoms with Crippen LogP contribution in [0.2, 0.25) is 0 Å². The van der Waals surface area contributed by atoms with Crippen LogP contribution in [0.15, 0.2) is 30.3 Å². The number of nitrogens with zero attached hydrogens (tertiary/aromatic N) is 1. The van der Waals surface area contributed by atoms with Crippen LogP contribution in [0.3, 0.4) is 0 Å². The van der Waals surface area contributed by atoms with E-state index in [0.29, 0.717) is 0 Å². The van der Waals surface area contributed by atoms with Crippen LogP contribution in [0.4, 0.5) is 0 Å². The van der Waals surface area contributed by atoms with Gasteiger partial charge in [-0.3, -0.25) is 0 Å². The van der Waals surface area contributed by atoms with Gasteiger partial charge in [0.25, 0.3) is 0 Å². The van der Waals surface area contributed by atoms with Crippen molar-refractivity contribution >= 4 is 20.3 Å². The van der Waals surface area contributed by atoms with Gasteiger partial charge in [0.2, 0.25) is 0 Å². The van der Waals surface area contributed by atoms with Crippen molar-refractivity contribution in [3.8, 4) is 0 Å². The molecule has 0 spiro atoms. The first kappa shape index (κ1) is 8.38. The highest BCUT2D eigenvalue weighted by Gasteiger charge is 2.15. The molecule has 1 N–H and O–H groups in total. The van der Waals surface area contributed by atoms with Gasteiger partial charge >= 0.3 is 8.30 Å². The summed E-state index contributed by atoms with van der Waals surface area (Å²) in [6, 6.07) is 9.53. The molecular formula is C8H11NOP+. The Kier molecular flexibility index (Phi) is 2.75. The van der Waals surface area contributed by atoms with Crippen molar-refractivity contribution in [1.29, 1.82) is 0 Å². The summed E-state index contributed by atoms with van der Waals surface area (Å²) in [5.74, 6) is 0. The fraction of sp³-hybridized carbons (Fsp3) is 0.125. The molecule has 0 aliphatic carbocycles. The lowest BCUT2D eigenvalue weighted by molar-refractivity contribution is -0.322. The third kappa shape index (κ3) is 2.11. The molecule has 0 saturated carbocycles. The van der Waals surface area contributed by atoms with E-state index in [1.165, 1.54) is 0 Å². The zero-order chi connectivity index (χ0) is 8.27. The third-order valence-corrected chi connectivity index (χ3v) is 2.72. The molecule has 0 saturated heterocycles. The predicted molar refractivity (Wildman–Crippen MR) is 48.5 cm³/mol. The average Bonchev–Trinajstić information content (AvgIpc) is 2.05. The number of hydrogen-bond donors (Lipinski definition) is 1. The molecule has 0 amide bonds. The third-order valence-electron chi connectivity index (χ3n) is 1.31. The quantitative estimate of drug-likeness (QED) is 0.516. The monoisotopic (exact) mass is 168 g/mol. The molecule has 1 unspecified atom stereocenters. The fourth-order valence-electron chi connectivity index (χ4n) is 0.758. The molecule has 1 aromatic carbocycles. The van der Waals surface area contributed by atoms with Gasteiger partial charge in [0.1, 0.15) is 13.8 Å². The Hall–Kier alpha value is -0.720. The molecular weight excluding hydrogens is 157 g/mol. The van der Waals surface area contributed by atoms with Crippen LogP contribution in [0.1, 0.15) is 0 Å². The Morgan fingerprint density at radius 1 is 1.36 bits per heavy atom. The Bertz CT molecular complexity index is 248. The Morgan fingerprint density at radius 2 is 1.91 bits per heavy atom. The molecule has 0 fully saturated rings. The number of rotatable bonds is 2. The van der Waals surface area contributed by atoms with E-state index in [2.05, 4.69) is 6.72 Å². The minimum Gasteiger partial charge on any atom is -0.315 e. The normalized spacial score (nSPS) is 12.5. The predicted octanol–water partition coefficient (Wildman–Crippen LogP) is 0.959. The van der Waals surface area contributed by atoms with E-state index in [-0.39, 0.29) is 0 Å². The molecule has 0 heterocycles. The summed E-state index contributed by atoms with van der Waals surface area (Å²) in [4.78, 5) is 9.53. The van der Waals surface area contributed by atoms with Crippen LogP contribution in [0.25, 0.3) is 0 Å². The summed E-state index contributed by atoms with van der Waals surface area (Å²) in [5, 5.41) is 0.931. The van der Waals surface area contributed by atoms with Gasteiger partial charge in [-0.25, -0.2) is 4.35 Å². The van der Waals surface area contributed by atoms with Gasteiger partial charge in [0.15, 0.2) is 0 Å². The van der Waals surface area contributed by atoms with Crippen LogP contribution in [-0.2, 0) is 0 Å². The highest BCUT2D eigenvalue weighted by Crippen LogP contribution is 2.26.